The number of nitrogens with zero attached hydrogens (tertiary/aromatic N) is 1. The summed E-state index contributed by atoms with van der Waals surface area (Å²) in [7, 11) is 0. The van der Waals surface area contributed by atoms with Gasteiger partial charge in [-0.15, -0.1) is 0 Å². The molecule has 0 aliphatic rings. The van der Waals surface area contributed by atoms with Crippen LogP contribution >= 0.6 is 0 Å². The number of urea groups is 1. The molecule has 2 N–H and O–H groups in total. The molecule has 0 bridgehead atoms. The number of halogens is 3. The van der Waals surface area contributed by atoms with E-state index in [0.29, 0.717) is 0 Å². The van der Waals surface area contributed by atoms with Crippen molar-refractivity contribution in [3.63, 3.8) is 0 Å². The normalized spacial score (nSPS) is 12.9. The lowest BCUT2D eigenvalue weighted by Gasteiger charge is -2.15. The zero-order valence-electron chi connectivity index (χ0n) is 9.08. The average molecular weight is 247 g/mol. The third-order valence-electron chi connectivity index (χ3n) is 1.98. The first-order valence-corrected chi connectivity index (χ1v) is 4.89. The first-order valence-electron chi connectivity index (χ1n) is 4.89. The van der Waals surface area contributed by atoms with Crippen molar-refractivity contribution in [3.8, 4) is 0 Å². The van der Waals surface area contributed by atoms with Gasteiger partial charge in [-0.3, -0.25) is 4.98 Å². The van der Waals surface area contributed by atoms with Crippen LogP contribution in [0.1, 0.15) is 18.5 Å². The summed E-state index contributed by atoms with van der Waals surface area (Å²) in [5.41, 5.74) is 0.717. The molecule has 0 aromatic carbocycles. The molecule has 1 aromatic heterocycles. The molecule has 1 rings (SSSR count). The van der Waals surface area contributed by atoms with Crippen LogP contribution in [0.5, 0.6) is 0 Å². The van der Waals surface area contributed by atoms with E-state index in [2.05, 4.69) is 10.3 Å². The minimum atomic E-state index is -4.41. The van der Waals surface area contributed by atoms with Gasteiger partial charge in [0.1, 0.15) is 6.54 Å². The van der Waals surface area contributed by atoms with E-state index < -0.39 is 24.8 Å². The summed E-state index contributed by atoms with van der Waals surface area (Å²) in [6.07, 6.45) is -1.30. The Morgan fingerprint density at radius 1 is 1.53 bits per heavy atom. The van der Waals surface area contributed by atoms with Crippen LogP contribution < -0.4 is 10.6 Å². The van der Waals surface area contributed by atoms with Crippen LogP contribution in [0.3, 0.4) is 0 Å². The van der Waals surface area contributed by atoms with E-state index in [0.717, 1.165) is 5.56 Å². The number of amides is 2. The quantitative estimate of drug-likeness (QED) is 0.858. The van der Waals surface area contributed by atoms with Gasteiger partial charge in [-0.05, 0) is 18.6 Å². The Bertz CT molecular complexity index is 367. The van der Waals surface area contributed by atoms with Crippen molar-refractivity contribution in [3.05, 3.63) is 30.1 Å². The Balaban J connectivity index is 2.42. The SMILES string of the molecule is CC(NC(=O)NCC(F)(F)F)c1cccnc1. The molecule has 2 amide bonds. The molecule has 0 aliphatic heterocycles. The summed E-state index contributed by atoms with van der Waals surface area (Å²) in [5, 5.41) is 4.11. The lowest BCUT2D eigenvalue weighted by atomic mass is 10.1. The van der Waals surface area contributed by atoms with Gasteiger partial charge in [0.05, 0.1) is 6.04 Å². The second-order valence-electron chi connectivity index (χ2n) is 3.45. The van der Waals surface area contributed by atoms with Crippen molar-refractivity contribution in [2.45, 2.75) is 19.1 Å². The fraction of sp³-hybridized carbons (Fsp3) is 0.400. The van der Waals surface area contributed by atoms with Crippen LogP contribution in [0.4, 0.5) is 18.0 Å². The Hall–Kier alpha value is -1.79. The van der Waals surface area contributed by atoms with Crippen LogP contribution in [0, 0.1) is 0 Å². The number of carbonyl (C=O) groups is 1. The fourth-order valence-corrected chi connectivity index (χ4v) is 1.14. The maximum absolute atomic E-state index is 11.8. The molecule has 7 heteroatoms. The Morgan fingerprint density at radius 2 is 2.24 bits per heavy atom. The molecular weight excluding hydrogens is 235 g/mol. The van der Waals surface area contributed by atoms with E-state index in [9.17, 15) is 18.0 Å². The number of carbonyl (C=O) groups excluding carboxylic acids is 1. The summed E-state index contributed by atoms with van der Waals surface area (Å²) >= 11 is 0. The van der Waals surface area contributed by atoms with Gasteiger partial charge in [0.2, 0.25) is 0 Å². The van der Waals surface area contributed by atoms with Gasteiger partial charge in [0, 0.05) is 12.4 Å². The van der Waals surface area contributed by atoms with E-state index >= 15 is 0 Å². The lowest BCUT2D eigenvalue weighted by Crippen LogP contribution is -2.41. The number of rotatable bonds is 3. The van der Waals surface area contributed by atoms with Crippen LogP contribution in [0.2, 0.25) is 0 Å². The molecular formula is C10H12F3N3O. The predicted octanol–water partition coefficient (Wildman–Crippen LogP) is 2.00. The topological polar surface area (TPSA) is 54.0 Å². The maximum Gasteiger partial charge on any atom is 0.405 e. The standard InChI is InChI=1S/C10H12F3N3O/c1-7(8-3-2-4-14-5-8)16-9(17)15-6-10(11,12)13/h2-5,7H,6H2,1H3,(H2,15,16,17). The highest BCUT2D eigenvalue weighted by Gasteiger charge is 2.27. The summed E-state index contributed by atoms with van der Waals surface area (Å²) in [6, 6.07) is 2.14. The van der Waals surface area contributed by atoms with Gasteiger partial charge in [-0.2, -0.15) is 13.2 Å². The van der Waals surface area contributed by atoms with E-state index in [-0.39, 0.29) is 0 Å². The summed E-state index contributed by atoms with van der Waals surface area (Å²) in [4.78, 5) is 15.0. The van der Waals surface area contributed by atoms with Crippen molar-refractivity contribution in [2.75, 3.05) is 6.54 Å². The molecule has 0 aliphatic carbocycles. The smallest absolute Gasteiger partial charge is 0.332 e. The van der Waals surface area contributed by atoms with Gasteiger partial charge < -0.3 is 10.6 Å². The highest BCUT2D eigenvalue weighted by Crippen LogP contribution is 2.12. The first-order chi connectivity index (χ1) is 7.88. The molecule has 1 aromatic rings. The second kappa shape index (κ2) is 5.51. The molecule has 0 spiro atoms. The summed E-state index contributed by atoms with van der Waals surface area (Å²) in [5.74, 6) is 0. The van der Waals surface area contributed by atoms with Gasteiger partial charge in [-0.1, -0.05) is 6.07 Å². The number of hydrogen-bond donors (Lipinski definition) is 2. The Morgan fingerprint density at radius 3 is 2.76 bits per heavy atom. The molecule has 17 heavy (non-hydrogen) atoms. The van der Waals surface area contributed by atoms with Crippen LogP contribution in [-0.4, -0.2) is 23.7 Å². The molecule has 1 unspecified atom stereocenters. The predicted molar refractivity (Wildman–Crippen MR) is 55.2 cm³/mol. The molecule has 0 saturated carbocycles. The number of hydrogen-bond acceptors (Lipinski definition) is 2. The van der Waals surface area contributed by atoms with Crippen molar-refractivity contribution in [2.24, 2.45) is 0 Å². The van der Waals surface area contributed by atoms with E-state index in [1.165, 1.54) is 6.20 Å². The summed E-state index contributed by atoms with van der Waals surface area (Å²) < 4.78 is 35.5. The van der Waals surface area contributed by atoms with Gasteiger partial charge in [-0.25, -0.2) is 4.79 Å². The minimum Gasteiger partial charge on any atom is -0.332 e. The third kappa shape index (κ3) is 5.19. The van der Waals surface area contributed by atoms with Gasteiger partial charge >= 0.3 is 12.2 Å². The summed E-state index contributed by atoms with van der Waals surface area (Å²) in [6.45, 7) is 0.308. The molecule has 4 nitrogen and oxygen atoms in total. The Kier molecular flexibility index (Phi) is 4.30. The second-order valence-corrected chi connectivity index (χ2v) is 3.45. The molecule has 94 valence electrons. The molecule has 1 atom stereocenters. The fourth-order valence-electron chi connectivity index (χ4n) is 1.14. The highest BCUT2D eigenvalue weighted by atomic mass is 19.4. The lowest BCUT2D eigenvalue weighted by molar-refractivity contribution is -0.122. The number of aromatic nitrogens is 1. The zero-order chi connectivity index (χ0) is 12.9. The average Bonchev–Trinajstić information content (AvgIpc) is 2.27. The minimum absolute atomic E-state index is 0.406. The van der Waals surface area contributed by atoms with Crippen molar-refractivity contribution in [1.29, 1.82) is 0 Å². The van der Waals surface area contributed by atoms with E-state index in [4.69, 9.17) is 0 Å². The number of alkyl halides is 3. The van der Waals surface area contributed by atoms with Gasteiger partial charge in [0.15, 0.2) is 0 Å². The highest BCUT2D eigenvalue weighted by molar-refractivity contribution is 5.74. The van der Waals surface area contributed by atoms with Gasteiger partial charge in [0.25, 0.3) is 0 Å². The largest absolute Gasteiger partial charge is 0.405 e. The maximum atomic E-state index is 11.8. The van der Waals surface area contributed by atoms with Crippen LogP contribution in [0.15, 0.2) is 24.5 Å². The van der Waals surface area contributed by atoms with Crippen LogP contribution in [0.25, 0.3) is 0 Å². The van der Waals surface area contributed by atoms with Crippen molar-refractivity contribution >= 4 is 6.03 Å². The van der Waals surface area contributed by atoms with E-state index in [1.807, 2.05) is 0 Å². The van der Waals surface area contributed by atoms with E-state index in [1.54, 1.807) is 30.6 Å². The molecule has 0 fully saturated rings. The molecule has 0 radical (unpaired) electrons. The monoisotopic (exact) mass is 247 g/mol. The van der Waals surface area contributed by atoms with Crippen LogP contribution in [-0.2, 0) is 0 Å². The number of nitrogens with one attached hydrogen (secondary N) is 2. The third-order valence-corrected chi connectivity index (χ3v) is 1.98. The zero-order valence-corrected chi connectivity index (χ0v) is 9.08. The number of pyridine rings is 1. The first kappa shape index (κ1) is 13.3. The van der Waals surface area contributed by atoms with Crippen molar-refractivity contribution in [1.82, 2.24) is 15.6 Å². The Labute approximate surface area is 96.2 Å². The molecule has 0 saturated heterocycles. The van der Waals surface area contributed by atoms with Crippen molar-refractivity contribution < 1.29 is 18.0 Å². The molecule has 1 heterocycles.